The fraction of sp³-hybridized carbons (Fsp3) is 0.800. The molecule has 1 aliphatic carbocycles. The highest BCUT2D eigenvalue weighted by atomic mass is 79.9. The minimum Gasteiger partial charge on any atom is -0.443 e. The van der Waals surface area contributed by atoms with Gasteiger partial charge in [-0.15, -0.1) is 0 Å². The fourth-order valence-electron chi connectivity index (χ4n) is 3.03. The fourth-order valence-corrected chi connectivity index (χ4v) is 5.78. The second-order valence-electron chi connectivity index (χ2n) is 10.1. The monoisotopic (exact) mass is 490 g/mol. The lowest BCUT2D eigenvalue weighted by Gasteiger charge is -2.41. The maximum Gasteiger partial charge on any atom is 0.416 e. The summed E-state index contributed by atoms with van der Waals surface area (Å²) in [6.07, 6.45) is 2.56. The van der Waals surface area contributed by atoms with Gasteiger partial charge in [-0.2, -0.15) is 0 Å². The first-order chi connectivity index (χ1) is 12.6. The Bertz CT molecular complexity index is 690. The molecule has 2 atom stereocenters. The van der Waals surface area contributed by atoms with E-state index in [9.17, 15) is 4.79 Å². The molecule has 5 nitrogen and oxygen atoms in total. The predicted molar refractivity (Wildman–Crippen MR) is 123 cm³/mol. The van der Waals surface area contributed by atoms with Crippen LogP contribution < -0.4 is 4.90 Å². The van der Waals surface area contributed by atoms with Gasteiger partial charge in [0, 0.05) is 0 Å². The first kappa shape index (κ1) is 23.8. The molecule has 0 spiro atoms. The number of aryl methyl sites for hydroxylation is 1. The van der Waals surface area contributed by atoms with Gasteiger partial charge in [-0.3, -0.25) is 0 Å². The molecule has 2 rings (SSSR count). The predicted octanol–water partition coefficient (Wildman–Crippen LogP) is 6.90. The van der Waals surface area contributed by atoms with E-state index in [4.69, 9.17) is 9.16 Å². The van der Waals surface area contributed by atoms with Crippen molar-refractivity contribution in [2.75, 3.05) is 4.90 Å². The third-order valence-electron chi connectivity index (χ3n) is 5.53. The Morgan fingerprint density at radius 1 is 1.21 bits per heavy atom. The molecule has 1 unspecified atom stereocenters. The zero-order chi connectivity index (χ0) is 21.5. The molecule has 0 N–H and O–H groups in total. The zero-order valence-corrected chi connectivity index (χ0v) is 22.1. The van der Waals surface area contributed by atoms with Crippen molar-refractivity contribution in [1.29, 1.82) is 0 Å². The summed E-state index contributed by atoms with van der Waals surface area (Å²) in [7, 11) is -1.95. The van der Waals surface area contributed by atoms with Crippen LogP contribution in [-0.2, 0) is 9.16 Å². The summed E-state index contributed by atoms with van der Waals surface area (Å²) >= 11 is 5.02. The summed E-state index contributed by atoms with van der Waals surface area (Å²) in [6.45, 7) is 18.9. The molecule has 1 amide bonds. The van der Waals surface area contributed by atoms with Crippen LogP contribution in [0.1, 0.15) is 66.5 Å². The third kappa shape index (κ3) is 5.58. The molecule has 1 aromatic rings. The molecule has 0 saturated heterocycles. The minimum atomic E-state index is -1.95. The minimum absolute atomic E-state index is 0.0105. The van der Waals surface area contributed by atoms with Gasteiger partial charge in [-0.05, 0) is 81.0 Å². The van der Waals surface area contributed by atoms with Crippen molar-refractivity contribution in [1.82, 2.24) is 4.98 Å². The number of anilines is 1. The highest BCUT2D eigenvalue weighted by molar-refractivity contribution is 9.11. The number of nitrogens with zero attached hydrogens (tertiary/aromatic N) is 2. The van der Waals surface area contributed by atoms with E-state index in [2.05, 4.69) is 54.8 Å². The number of hydrogen-bond acceptors (Lipinski definition) is 5. The van der Waals surface area contributed by atoms with Crippen molar-refractivity contribution in [3.63, 3.8) is 0 Å². The van der Waals surface area contributed by atoms with Crippen LogP contribution in [0.3, 0.4) is 0 Å². The number of amides is 1. The van der Waals surface area contributed by atoms with Gasteiger partial charge in [0.05, 0.1) is 21.6 Å². The maximum atomic E-state index is 13.2. The van der Waals surface area contributed by atoms with E-state index in [1.54, 1.807) is 4.90 Å². The zero-order valence-electron chi connectivity index (χ0n) is 18.7. The Labute approximate surface area is 183 Å². The number of halogens is 1. The van der Waals surface area contributed by atoms with Crippen molar-refractivity contribution in [3.05, 3.63) is 9.48 Å². The number of carbonyl (C=O) groups excluding carboxylic acids is 1. The molecule has 0 aliphatic heterocycles. The molecular weight excluding hydrogens is 456 g/mol. The van der Waals surface area contributed by atoms with Crippen LogP contribution in [0.15, 0.2) is 3.79 Å². The van der Waals surface area contributed by atoms with Gasteiger partial charge in [0.2, 0.25) is 0 Å². The number of ether oxygens (including phenoxy) is 1. The Morgan fingerprint density at radius 3 is 2.29 bits per heavy atom. The molecule has 0 bridgehead atoms. The first-order valence-corrected chi connectivity index (χ1v) is 14.5. The van der Waals surface area contributed by atoms with E-state index >= 15 is 0 Å². The van der Waals surface area contributed by atoms with E-state index in [1.807, 2.05) is 27.7 Å². The lowest BCUT2D eigenvalue weighted by Crippen LogP contribution is -2.52. The second kappa shape index (κ2) is 8.36. The van der Waals surface area contributed by atoms with Gasteiger partial charge in [0.25, 0.3) is 0 Å². The highest BCUT2D eigenvalue weighted by Crippen LogP contribution is 2.42. The Kier molecular flexibility index (Phi) is 7.11. The summed E-state index contributed by atoms with van der Waals surface area (Å²) < 4.78 is 13.4. The maximum absolute atomic E-state index is 13.2. The molecule has 160 valence electrons. The molecular formula is C20H35BrN2O3SSi. The van der Waals surface area contributed by atoms with Crippen molar-refractivity contribution in [3.8, 4) is 0 Å². The topological polar surface area (TPSA) is 51.7 Å². The van der Waals surface area contributed by atoms with E-state index in [0.717, 1.165) is 28.7 Å². The molecule has 1 saturated carbocycles. The molecule has 28 heavy (non-hydrogen) atoms. The molecule has 0 aromatic carbocycles. The van der Waals surface area contributed by atoms with Gasteiger partial charge in [-0.25, -0.2) is 14.7 Å². The normalized spacial score (nSPS) is 21.1. The number of hydrogen-bond donors (Lipinski definition) is 0. The number of thiazole rings is 1. The van der Waals surface area contributed by atoms with Gasteiger partial charge in [0.15, 0.2) is 13.4 Å². The quantitative estimate of drug-likeness (QED) is 0.430. The van der Waals surface area contributed by atoms with E-state index in [-0.39, 0.29) is 23.3 Å². The summed E-state index contributed by atoms with van der Waals surface area (Å²) in [5, 5.41) is 0.798. The average molecular weight is 492 g/mol. The Morgan fingerprint density at radius 2 is 1.82 bits per heavy atom. The van der Waals surface area contributed by atoms with Crippen molar-refractivity contribution in [2.45, 2.75) is 104 Å². The SMILES string of the molecule is Cc1nc(N(C(=O)OC(C)(C)C)[C@@H]2CCCC2O[Si](C)(C)C(C)(C)C)sc1Br. The van der Waals surface area contributed by atoms with Crippen LogP contribution in [0, 0.1) is 6.92 Å². The van der Waals surface area contributed by atoms with E-state index in [1.165, 1.54) is 11.3 Å². The number of carbonyl (C=O) groups is 1. The second-order valence-corrected chi connectivity index (χ2v) is 17.2. The lowest BCUT2D eigenvalue weighted by molar-refractivity contribution is 0.0533. The average Bonchev–Trinajstić information content (AvgIpc) is 3.04. The lowest BCUT2D eigenvalue weighted by atomic mass is 10.2. The van der Waals surface area contributed by atoms with Crippen molar-refractivity contribution < 1.29 is 14.0 Å². The molecule has 0 radical (unpaired) electrons. The third-order valence-corrected chi connectivity index (χ3v) is 12.0. The summed E-state index contributed by atoms with van der Waals surface area (Å²) in [4.78, 5) is 19.6. The van der Waals surface area contributed by atoms with Crippen LogP contribution in [0.5, 0.6) is 0 Å². The van der Waals surface area contributed by atoms with Gasteiger partial charge < -0.3 is 9.16 Å². The van der Waals surface area contributed by atoms with Crippen LogP contribution in [0.2, 0.25) is 18.1 Å². The Hall–Kier alpha value is -0.443. The highest BCUT2D eigenvalue weighted by Gasteiger charge is 2.45. The van der Waals surface area contributed by atoms with Crippen LogP contribution in [-0.4, -0.2) is 37.1 Å². The van der Waals surface area contributed by atoms with Gasteiger partial charge in [-0.1, -0.05) is 32.1 Å². The summed E-state index contributed by atoms with van der Waals surface area (Å²) in [5.74, 6) is 0. The van der Waals surface area contributed by atoms with Crippen LogP contribution >= 0.6 is 27.3 Å². The summed E-state index contributed by atoms with van der Waals surface area (Å²) in [5.41, 5.74) is 0.321. The number of rotatable bonds is 4. The molecule has 1 aromatic heterocycles. The van der Waals surface area contributed by atoms with Gasteiger partial charge in [0.1, 0.15) is 5.60 Å². The summed E-state index contributed by atoms with van der Waals surface area (Å²) in [6, 6.07) is -0.0542. The first-order valence-electron chi connectivity index (χ1n) is 9.95. The number of aromatic nitrogens is 1. The standard InChI is InChI=1S/C20H35BrN2O3SSi/c1-13-16(21)27-17(22-13)23(18(24)25-19(2,3)4)14-11-10-12-15(14)26-28(8,9)20(5,6)7/h14-15H,10-12H2,1-9H3/t14-,15?/m1/s1. The Balaban J connectivity index is 2.37. The molecule has 1 aliphatic rings. The van der Waals surface area contributed by atoms with Gasteiger partial charge >= 0.3 is 6.09 Å². The van der Waals surface area contributed by atoms with Crippen molar-refractivity contribution >= 4 is 46.8 Å². The van der Waals surface area contributed by atoms with Crippen LogP contribution in [0.4, 0.5) is 9.93 Å². The van der Waals surface area contributed by atoms with Crippen molar-refractivity contribution in [2.24, 2.45) is 0 Å². The van der Waals surface area contributed by atoms with Crippen LogP contribution in [0.25, 0.3) is 0 Å². The van der Waals surface area contributed by atoms with E-state index in [0.29, 0.717) is 5.13 Å². The molecule has 8 heteroatoms. The molecule has 1 fully saturated rings. The largest absolute Gasteiger partial charge is 0.443 e. The molecule has 1 heterocycles. The van der Waals surface area contributed by atoms with E-state index < -0.39 is 13.9 Å². The smallest absolute Gasteiger partial charge is 0.416 e.